The first-order valence-electron chi connectivity index (χ1n) is 5.59. The highest BCUT2D eigenvalue weighted by molar-refractivity contribution is 5.90. The summed E-state index contributed by atoms with van der Waals surface area (Å²) >= 11 is 0. The maximum Gasteiger partial charge on any atom is 0.339 e. The maximum absolute atomic E-state index is 10.9. The summed E-state index contributed by atoms with van der Waals surface area (Å²) in [6.45, 7) is 0.977. The Kier molecular flexibility index (Phi) is 3.86. The zero-order valence-corrected chi connectivity index (χ0v) is 9.74. The molecule has 5 nitrogen and oxygen atoms in total. The van der Waals surface area contributed by atoms with E-state index in [1.165, 1.54) is 6.07 Å². The van der Waals surface area contributed by atoms with Crippen LogP contribution in [0.5, 0.6) is 5.75 Å². The summed E-state index contributed by atoms with van der Waals surface area (Å²) in [6, 6.07) is 10.4. The van der Waals surface area contributed by atoms with E-state index in [0.29, 0.717) is 18.9 Å². The number of hydrogen-bond donors (Lipinski definition) is 2. The summed E-state index contributed by atoms with van der Waals surface area (Å²) in [7, 11) is 0. The van der Waals surface area contributed by atoms with Crippen LogP contribution in [-0.2, 0) is 0 Å². The predicted octanol–water partition coefficient (Wildman–Crippen LogP) is 1.81. The first-order valence-corrected chi connectivity index (χ1v) is 5.59. The van der Waals surface area contributed by atoms with E-state index in [0.717, 1.165) is 0 Å². The zero-order chi connectivity index (χ0) is 12.8. The molecule has 1 heterocycles. The average molecular weight is 246 g/mol. The largest absolute Gasteiger partial charge is 0.491 e. The van der Waals surface area contributed by atoms with Crippen molar-refractivity contribution in [2.75, 3.05) is 18.6 Å². The van der Waals surface area contributed by atoms with Crippen LogP contribution in [0.15, 0.2) is 48.8 Å². The first kappa shape index (κ1) is 12.0. The molecule has 0 fully saturated rings. The Hall–Kier alpha value is -2.43. The molecule has 0 bridgehead atoms. The molecular formula is C13H14N2O3. The van der Waals surface area contributed by atoms with Crippen molar-refractivity contribution in [2.24, 2.45) is 0 Å². The van der Waals surface area contributed by atoms with Crippen molar-refractivity contribution in [2.45, 2.75) is 0 Å². The molecule has 0 saturated carbocycles. The highest BCUT2D eigenvalue weighted by Gasteiger charge is 2.09. The number of nitrogens with one attached hydrogen (secondary N) is 1. The van der Waals surface area contributed by atoms with E-state index >= 15 is 0 Å². The van der Waals surface area contributed by atoms with Crippen LogP contribution in [0.1, 0.15) is 10.4 Å². The smallest absolute Gasteiger partial charge is 0.339 e. The number of benzene rings is 1. The Morgan fingerprint density at radius 1 is 1.22 bits per heavy atom. The third-order valence-corrected chi connectivity index (χ3v) is 2.38. The van der Waals surface area contributed by atoms with Gasteiger partial charge >= 0.3 is 5.97 Å². The molecule has 5 heteroatoms. The molecule has 0 radical (unpaired) electrons. The van der Waals surface area contributed by atoms with Gasteiger partial charge in [-0.3, -0.25) is 4.68 Å². The molecule has 0 spiro atoms. The standard InChI is InChI=1S/C13H14N2O3/c16-13(17)11-5-1-2-6-12(11)18-10-7-14-15-8-3-4-9-15/h1-6,8-9,14H,7,10H2,(H,16,17). The van der Waals surface area contributed by atoms with Crippen molar-refractivity contribution in [3.05, 3.63) is 54.4 Å². The second-order valence-corrected chi connectivity index (χ2v) is 3.65. The molecule has 18 heavy (non-hydrogen) atoms. The zero-order valence-electron chi connectivity index (χ0n) is 9.74. The molecule has 1 aromatic heterocycles. The summed E-state index contributed by atoms with van der Waals surface area (Å²) < 4.78 is 7.25. The Labute approximate surface area is 105 Å². The third-order valence-electron chi connectivity index (χ3n) is 2.38. The Morgan fingerprint density at radius 3 is 2.67 bits per heavy atom. The molecule has 0 aliphatic rings. The van der Waals surface area contributed by atoms with Crippen LogP contribution in [0.4, 0.5) is 0 Å². The third kappa shape index (κ3) is 3.04. The predicted molar refractivity (Wildman–Crippen MR) is 67.6 cm³/mol. The first-order chi connectivity index (χ1) is 8.77. The number of ether oxygens (including phenoxy) is 1. The highest BCUT2D eigenvalue weighted by Crippen LogP contribution is 2.17. The van der Waals surface area contributed by atoms with Gasteiger partial charge < -0.3 is 15.3 Å². The summed E-state index contributed by atoms with van der Waals surface area (Å²) in [5.41, 5.74) is 3.27. The van der Waals surface area contributed by atoms with E-state index in [1.54, 1.807) is 18.2 Å². The molecule has 0 saturated heterocycles. The van der Waals surface area contributed by atoms with Gasteiger partial charge in [-0.1, -0.05) is 12.1 Å². The lowest BCUT2D eigenvalue weighted by Crippen LogP contribution is -2.19. The van der Waals surface area contributed by atoms with Crippen LogP contribution in [0, 0.1) is 0 Å². The second-order valence-electron chi connectivity index (χ2n) is 3.65. The van der Waals surface area contributed by atoms with E-state index in [9.17, 15) is 4.79 Å². The van der Waals surface area contributed by atoms with E-state index in [-0.39, 0.29) is 5.56 Å². The minimum atomic E-state index is -0.982. The van der Waals surface area contributed by atoms with Crippen molar-refractivity contribution in [3.8, 4) is 5.75 Å². The van der Waals surface area contributed by atoms with Crippen molar-refractivity contribution in [3.63, 3.8) is 0 Å². The summed E-state index contributed by atoms with van der Waals surface area (Å²) in [6.07, 6.45) is 3.76. The molecular weight excluding hydrogens is 232 g/mol. The van der Waals surface area contributed by atoms with Gasteiger partial charge in [0.15, 0.2) is 0 Å². The molecule has 0 amide bonds. The molecule has 0 aliphatic carbocycles. The van der Waals surface area contributed by atoms with Gasteiger partial charge in [-0.25, -0.2) is 4.79 Å². The number of nitrogens with zero attached hydrogens (tertiary/aromatic N) is 1. The molecule has 0 aliphatic heterocycles. The minimum Gasteiger partial charge on any atom is -0.491 e. The highest BCUT2D eigenvalue weighted by atomic mass is 16.5. The number of carboxylic acids is 1. The number of carboxylic acid groups (broad SMARTS) is 1. The summed E-state index contributed by atoms with van der Waals surface area (Å²) in [5, 5.41) is 8.97. The molecule has 2 rings (SSSR count). The van der Waals surface area contributed by atoms with Gasteiger partial charge in [0, 0.05) is 12.4 Å². The Balaban J connectivity index is 1.85. The van der Waals surface area contributed by atoms with Gasteiger partial charge in [0.05, 0.1) is 6.54 Å². The topological polar surface area (TPSA) is 63.5 Å². The molecule has 2 N–H and O–H groups in total. The fourth-order valence-electron chi connectivity index (χ4n) is 1.54. The SMILES string of the molecule is O=C(O)c1ccccc1OCCNn1cccc1. The number of aromatic carboxylic acids is 1. The van der Waals surface area contributed by atoms with E-state index in [2.05, 4.69) is 5.43 Å². The normalized spacial score (nSPS) is 10.0. The van der Waals surface area contributed by atoms with E-state index in [4.69, 9.17) is 9.84 Å². The lowest BCUT2D eigenvalue weighted by Gasteiger charge is -2.10. The Bertz CT molecular complexity index is 509. The maximum atomic E-state index is 10.9. The number of para-hydroxylation sites is 1. The van der Waals surface area contributed by atoms with Crippen molar-refractivity contribution >= 4 is 5.97 Å². The number of hydrogen-bond acceptors (Lipinski definition) is 3. The lowest BCUT2D eigenvalue weighted by atomic mass is 10.2. The molecule has 1 aromatic carbocycles. The van der Waals surface area contributed by atoms with Crippen LogP contribution in [0.25, 0.3) is 0 Å². The van der Waals surface area contributed by atoms with Gasteiger partial charge in [0.25, 0.3) is 0 Å². The molecule has 2 aromatic rings. The van der Waals surface area contributed by atoms with Crippen LogP contribution < -0.4 is 10.2 Å². The number of rotatable bonds is 6. The second kappa shape index (κ2) is 5.77. The van der Waals surface area contributed by atoms with Crippen molar-refractivity contribution in [1.82, 2.24) is 4.68 Å². The minimum absolute atomic E-state index is 0.179. The molecule has 0 atom stereocenters. The molecule has 0 unspecified atom stereocenters. The quantitative estimate of drug-likeness (QED) is 0.763. The van der Waals surface area contributed by atoms with Crippen LogP contribution >= 0.6 is 0 Å². The monoisotopic (exact) mass is 246 g/mol. The number of carbonyl (C=O) groups is 1. The summed E-state index contributed by atoms with van der Waals surface area (Å²) in [5.74, 6) is -0.594. The fraction of sp³-hybridized carbons (Fsp3) is 0.154. The van der Waals surface area contributed by atoms with Crippen molar-refractivity contribution in [1.29, 1.82) is 0 Å². The van der Waals surface area contributed by atoms with Gasteiger partial charge in [-0.15, -0.1) is 0 Å². The van der Waals surface area contributed by atoms with E-state index < -0.39 is 5.97 Å². The fourth-order valence-corrected chi connectivity index (χ4v) is 1.54. The Morgan fingerprint density at radius 2 is 1.94 bits per heavy atom. The summed E-state index contributed by atoms with van der Waals surface area (Å²) in [4.78, 5) is 10.9. The van der Waals surface area contributed by atoms with E-state index in [1.807, 2.05) is 29.2 Å². The van der Waals surface area contributed by atoms with Crippen LogP contribution in [0.2, 0.25) is 0 Å². The average Bonchev–Trinajstić information content (AvgIpc) is 2.88. The number of aromatic nitrogens is 1. The van der Waals surface area contributed by atoms with Gasteiger partial charge in [-0.2, -0.15) is 0 Å². The van der Waals surface area contributed by atoms with Gasteiger partial charge in [0.1, 0.15) is 17.9 Å². The van der Waals surface area contributed by atoms with Crippen LogP contribution in [-0.4, -0.2) is 28.9 Å². The van der Waals surface area contributed by atoms with Gasteiger partial charge in [0.2, 0.25) is 0 Å². The van der Waals surface area contributed by atoms with Crippen molar-refractivity contribution < 1.29 is 14.6 Å². The molecule has 94 valence electrons. The van der Waals surface area contributed by atoms with Crippen LogP contribution in [0.3, 0.4) is 0 Å². The van der Waals surface area contributed by atoms with Gasteiger partial charge in [-0.05, 0) is 24.3 Å². The lowest BCUT2D eigenvalue weighted by molar-refractivity contribution is 0.0692.